The third-order valence-electron chi connectivity index (χ3n) is 3.39. The van der Waals surface area contributed by atoms with Gasteiger partial charge in [-0.15, -0.1) is 0 Å². The van der Waals surface area contributed by atoms with Crippen LogP contribution in [-0.2, 0) is 22.6 Å². The molecule has 4 nitrogen and oxygen atoms in total. The number of aromatic nitrogens is 2. The predicted octanol–water partition coefficient (Wildman–Crippen LogP) is 4.47. The molecule has 122 valence electrons. The lowest BCUT2D eigenvalue weighted by Gasteiger charge is -2.05. The summed E-state index contributed by atoms with van der Waals surface area (Å²) >= 11 is 11.8. The van der Waals surface area contributed by atoms with Crippen LogP contribution in [0.1, 0.15) is 11.1 Å². The Morgan fingerprint density at radius 2 is 1.83 bits per heavy atom. The molecule has 0 aliphatic carbocycles. The summed E-state index contributed by atoms with van der Waals surface area (Å²) in [7, 11) is 0. The van der Waals surface area contributed by atoms with Crippen molar-refractivity contribution in [3.63, 3.8) is 0 Å². The third kappa shape index (κ3) is 4.16. The number of nitrogens with zero attached hydrogens (tertiary/aromatic N) is 2. The molecule has 0 saturated carbocycles. The van der Waals surface area contributed by atoms with E-state index in [1.54, 1.807) is 29.1 Å². The molecule has 0 amide bonds. The van der Waals surface area contributed by atoms with E-state index in [0.717, 1.165) is 16.8 Å². The number of esters is 1. The minimum absolute atomic E-state index is 0.155. The van der Waals surface area contributed by atoms with Gasteiger partial charge in [-0.25, -0.2) is 4.68 Å². The fraction of sp³-hybridized carbons (Fsp3) is 0.111. The number of carbonyl (C=O) groups excluding carboxylic acids is 1. The summed E-state index contributed by atoms with van der Waals surface area (Å²) < 4.78 is 6.99. The quantitative estimate of drug-likeness (QED) is 0.630. The zero-order valence-corrected chi connectivity index (χ0v) is 14.2. The molecule has 0 aliphatic rings. The normalized spacial score (nSPS) is 10.6. The zero-order chi connectivity index (χ0) is 16.9. The molecule has 0 radical (unpaired) electrons. The highest BCUT2D eigenvalue weighted by Gasteiger charge is 2.09. The lowest BCUT2D eigenvalue weighted by Crippen LogP contribution is -2.07. The number of para-hydroxylation sites is 1. The van der Waals surface area contributed by atoms with Gasteiger partial charge in [-0.05, 0) is 29.8 Å². The molecule has 24 heavy (non-hydrogen) atoms. The Hall–Kier alpha value is -2.30. The molecule has 2 aromatic carbocycles. The summed E-state index contributed by atoms with van der Waals surface area (Å²) in [5.74, 6) is -0.325. The molecule has 0 saturated heterocycles. The molecule has 3 aromatic rings. The molecule has 1 heterocycles. The van der Waals surface area contributed by atoms with Gasteiger partial charge in [0.25, 0.3) is 0 Å². The van der Waals surface area contributed by atoms with E-state index >= 15 is 0 Å². The molecule has 0 N–H and O–H groups in total. The van der Waals surface area contributed by atoms with E-state index in [-0.39, 0.29) is 19.0 Å². The molecule has 0 aliphatic heterocycles. The van der Waals surface area contributed by atoms with Gasteiger partial charge in [-0.3, -0.25) is 4.79 Å². The first kappa shape index (κ1) is 16.6. The Balaban J connectivity index is 1.57. The Morgan fingerprint density at radius 3 is 2.58 bits per heavy atom. The van der Waals surface area contributed by atoms with Crippen LogP contribution in [0.2, 0.25) is 10.0 Å². The first-order chi connectivity index (χ1) is 11.6. The number of hydrogen-bond acceptors (Lipinski definition) is 3. The number of ether oxygens (including phenoxy) is 1. The number of halogens is 2. The summed E-state index contributed by atoms with van der Waals surface area (Å²) in [5.41, 5.74) is 2.52. The summed E-state index contributed by atoms with van der Waals surface area (Å²) in [6, 6.07) is 14.8. The Labute approximate surface area is 149 Å². The van der Waals surface area contributed by atoms with Crippen LogP contribution in [0.3, 0.4) is 0 Å². The maximum atomic E-state index is 12.0. The highest BCUT2D eigenvalue weighted by Crippen LogP contribution is 2.23. The predicted molar refractivity (Wildman–Crippen MR) is 93.5 cm³/mol. The van der Waals surface area contributed by atoms with Crippen molar-refractivity contribution in [3.05, 3.63) is 82.1 Å². The Morgan fingerprint density at radius 1 is 1.04 bits per heavy atom. The first-order valence-electron chi connectivity index (χ1n) is 7.30. The monoisotopic (exact) mass is 360 g/mol. The van der Waals surface area contributed by atoms with Crippen molar-refractivity contribution < 1.29 is 9.53 Å². The van der Waals surface area contributed by atoms with Crippen LogP contribution in [0.25, 0.3) is 5.69 Å². The van der Waals surface area contributed by atoms with Gasteiger partial charge >= 0.3 is 5.97 Å². The van der Waals surface area contributed by atoms with Crippen LogP contribution < -0.4 is 0 Å². The van der Waals surface area contributed by atoms with E-state index < -0.39 is 0 Å². The van der Waals surface area contributed by atoms with Crippen LogP contribution in [0.4, 0.5) is 0 Å². The second-order valence-electron chi connectivity index (χ2n) is 5.21. The van der Waals surface area contributed by atoms with E-state index in [1.807, 2.05) is 36.5 Å². The second kappa shape index (κ2) is 7.51. The highest BCUT2D eigenvalue weighted by atomic mass is 35.5. The second-order valence-corrected chi connectivity index (χ2v) is 6.03. The van der Waals surface area contributed by atoms with Gasteiger partial charge in [0.15, 0.2) is 0 Å². The van der Waals surface area contributed by atoms with E-state index in [1.165, 1.54) is 0 Å². The summed E-state index contributed by atoms with van der Waals surface area (Å²) in [6.07, 6.45) is 3.64. The minimum Gasteiger partial charge on any atom is -0.461 e. The van der Waals surface area contributed by atoms with Crippen LogP contribution in [-0.4, -0.2) is 15.7 Å². The van der Waals surface area contributed by atoms with Gasteiger partial charge in [0.1, 0.15) is 6.61 Å². The van der Waals surface area contributed by atoms with Crippen molar-refractivity contribution in [2.45, 2.75) is 13.0 Å². The standard InChI is InChI=1S/C18H14Cl2N2O2/c19-16-7-6-13(8-17(16)20)12-24-18(23)9-14-10-21-22(11-14)15-4-2-1-3-5-15/h1-8,10-11H,9,12H2. The lowest BCUT2D eigenvalue weighted by molar-refractivity contribution is -0.144. The molecule has 1 aromatic heterocycles. The minimum atomic E-state index is -0.325. The van der Waals surface area contributed by atoms with E-state index in [9.17, 15) is 4.79 Å². The third-order valence-corrected chi connectivity index (χ3v) is 4.13. The average molecular weight is 361 g/mol. The molecule has 0 fully saturated rings. The zero-order valence-electron chi connectivity index (χ0n) is 12.7. The molecule has 3 rings (SSSR count). The van der Waals surface area contributed by atoms with Gasteiger partial charge < -0.3 is 4.74 Å². The van der Waals surface area contributed by atoms with Crippen molar-refractivity contribution in [3.8, 4) is 5.69 Å². The largest absolute Gasteiger partial charge is 0.461 e. The topological polar surface area (TPSA) is 44.1 Å². The van der Waals surface area contributed by atoms with Crippen molar-refractivity contribution in [1.29, 1.82) is 0 Å². The summed E-state index contributed by atoms with van der Waals surface area (Å²) in [5, 5.41) is 5.17. The van der Waals surface area contributed by atoms with Crippen molar-refractivity contribution in [2.24, 2.45) is 0 Å². The van der Waals surface area contributed by atoms with Crippen LogP contribution >= 0.6 is 23.2 Å². The number of benzene rings is 2. The van der Waals surface area contributed by atoms with E-state index in [2.05, 4.69) is 5.10 Å². The smallest absolute Gasteiger partial charge is 0.310 e. The Bertz CT molecular complexity index is 847. The van der Waals surface area contributed by atoms with Crippen LogP contribution in [0.5, 0.6) is 0 Å². The Kier molecular flexibility index (Phi) is 5.18. The van der Waals surface area contributed by atoms with E-state index in [0.29, 0.717) is 10.0 Å². The number of hydrogen-bond donors (Lipinski definition) is 0. The SMILES string of the molecule is O=C(Cc1cnn(-c2ccccc2)c1)OCc1ccc(Cl)c(Cl)c1. The molecule has 0 spiro atoms. The molecule has 0 unspecified atom stereocenters. The van der Waals surface area contributed by atoms with Crippen molar-refractivity contribution in [1.82, 2.24) is 9.78 Å². The lowest BCUT2D eigenvalue weighted by atomic mass is 10.2. The first-order valence-corrected chi connectivity index (χ1v) is 8.06. The molecule has 6 heteroatoms. The van der Waals surface area contributed by atoms with Crippen molar-refractivity contribution >= 4 is 29.2 Å². The molecule has 0 bridgehead atoms. The fourth-order valence-corrected chi connectivity index (χ4v) is 2.50. The molecular formula is C18H14Cl2N2O2. The number of rotatable bonds is 5. The molecular weight excluding hydrogens is 347 g/mol. The van der Waals surface area contributed by atoms with Gasteiger partial charge in [0.05, 0.1) is 28.4 Å². The molecule has 0 atom stereocenters. The fourth-order valence-electron chi connectivity index (χ4n) is 2.18. The van der Waals surface area contributed by atoms with Gasteiger partial charge in [-0.2, -0.15) is 5.10 Å². The maximum absolute atomic E-state index is 12.0. The van der Waals surface area contributed by atoms with Gasteiger partial charge in [-0.1, -0.05) is 47.5 Å². The van der Waals surface area contributed by atoms with Crippen molar-refractivity contribution in [2.75, 3.05) is 0 Å². The number of carbonyl (C=O) groups is 1. The van der Waals surface area contributed by atoms with Gasteiger partial charge in [0.2, 0.25) is 0 Å². The van der Waals surface area contributed by atoms with Crippen LogP contribution in [0.15, 0.2) is 60.9 Å². The summed E-state index contributed by atoms with van der Waals surface area (Å²) in [4.78, 5) is 12.0. The average Bonchev–Trinajstić information content (AvgIpc) is 3.05. The van der Waals surface area contributed by atoms with Gasteiger partial charge in [0, 0.05) is 11.8 Å². The van der Waals surface area contributed by atoms with Crippen LogP contribution in [0, 0.1) is 0 Å². The highest BCUT2D eigenvalue weighted by molar-refractivity contribution is 6.42. The maximum Gasteiger partial charge on any atom is 0.310 e. The summed E-state index contributed by atoms with van der Waals surface area (Å²) in [6.45, 7) is 0.155. The van der Waals surface area contributed by atoms with E-state index in [4.69, 9.17) is 27.9 Å².